The highest BCUT2D eigenvalue weighted by molar-refractivity contribution is 7.92. The molecule has 0 unspecified atom stereocenters. The Labute approximate surface area is 161 Å². The number of rotatable bonds is 9. The average molecular weight is 412 g/mol. The molecule has 1 heterocycles. The Hall–Kier alpha value is -2.53. The molecular weight excluding hydrogens is 392 g/mol. The number of aryl methyl sites for hydroxylation is 1. The third kappa shape index (κ3) is 6.94. The minimum Gasteiger partial charge on any atom is -0.494 e. The normalized spacial score (nSPS) is 11.0. The summed E-state index contributed by atoms with van der Waals surface area (Å²) in [6.07, 6.45) is 0.664. The van der Waals surface area contributed by atoms with Crippen molar-refractivity contribution < 1.29 is 22.7 Å². The first-order chi connectivity index (χ1) is 12.8. The minimum atomic E-state index is -3.93. The maximum absolute atomic E-state index is 12.1. The van der Waals surface area contributed by atoms with Crippen molar-refractivity contribution in [3.8, 4) is 5.75 Å². The molecule has 0 aliphatic rings. The lowest BCUT2D eigenvalue weighted by molar-refractivity contribution is -0.114. The maximum atomic E-state index is 12.1. The Morgan fingerprint density at radius 1 is 1.04 bits per heavy atom. The largest absolute Gasteiger partial charge is 0.494 e. The van der Waals surface area contributed by atoms with E-state index in [4.69, 9.17) is 4.74 Å². The predicted molar refractivity (Wildman–Crippen MR) is 103 cm³/mol. The summed E-state index contributed by atoms with van der Waals surface area (Å²) in [5.74, 6) is -2.46. The molecule has 0 fully saturated rings. The summed E-state index contributed by atoms with van der Waals surface area (Å²) < 4.78 is 29.4. The van der Waals surface area contributed by atoms with E-state index in [9.17, 15) is 18.0 Å². The summed E-state index contributed by atoms with van der Waals surface area (Å²) in [7, 11) is -3.93. The topological polar surface area (TPSA) is 127 Å². The van der Waals surface area contributed by atoms with Crippen LogP contribution in [0.2, 0.25) is 0 Å². The van der Waals surface area contributed by atoms with E-state index in [1.54, 1.807) is 24.3 Å². The van der Waals surface area contributed by atoms with Crippen molar-refractivity contribution in [3.63, 3.8) is 0 Å². The number of carbonyl (C=O) groups is 2. The lowest BCUT2D eigenvalue weighted by Gasteiger charge is -2.08. The Morgan fingerprint density at radius 3 is 2.22 bits per heavy atom. The quantitative estimate of drug-likeness (QED) is 0.639. The van der Waals surface area contributed by atoms with Crippen LogP contribution >= 0.6 is 11.3 Å². The summed E-state index contributed by atoms with van der Waals surface area (Å²) in [6, 6.07) is 6.52. The molecule has 0 radical (unpaired) electrons. The van der Waals surface area contributed by atoms with Crippen LogP contribution in [-0.4, -0.2) is 48.5 Å². The third-order valence-electron chi connectivity index (χ3n) is 3.17. The first-order valence-electron chi connectivity index (χ1n) is 8.16. The number of anilines is 2. The molecule has 9 nitrogen and oxygen atoms in total. The van der Waals surface area contributed by atoms with Crippen molar-refractivity contribution in [2.45, 2.75) is 20.3 Å². The molecule has 0 spiro atoms. The van der Waals surface area contributed by atoms with Crippen molar-refractivity contribution in [2.24, 2.45) is 0 Å². The molecular formula is C16H20N4O5S2. The van der Waals surface area contributed by atoms with Crippen LogP contribution in [0, 0.1) is 0 Å². The van der Waals surface area contributed by atoms with E-state index in [-0.39, 0.29) is 5.13 Å². The molecule has 1 aromatic carbocycles. The van der Waals surface area contributed by atoms with Crippen LogP contribution in [0.4, 0.5) is 10.8 Å². The van der Waals surface area contributed by atoms with Gasteiger partial charge in [-0.1, -0.05) is 18.3 Å². The van der Waals surface area contributed by atoms with Gasteiger partial charge in [-0.15, -0.1) is 10.2 Å². The first-order valence-corrected chi connectivity index (χ1v) is 10.8. The van der Waals surface area contributed by atoms with Crippen LogP contribution in [0.25, 0.3) is 0 Å². The fourth-order valence-electron chi connectivity index (χ4n) is 2.05. The predicted octanol–water partition coefficient (Wildman–Crippen LogP) is 1.49. The number of aromatic nitrogens is 2. The van der Waals surface area contributed by atoms with Crippen molar-refractivity contribution in [1.82, 2.24) is 10.2 Å². The number of carbonyl (C=O) groups excluding carboxylic acids is 2. The zero-order valence-electron chi connectivity index (χ0n) is 14.9. The second kappa shape index (κ2) is 9.42. The van der Waals surface area contributed by atoms with E-state index in [0.29, 0.717) is 24.5 Å². The van der Waals surface area contributed by atoms with Gasteiger partial charge in [-0.25, -0.2) is 8.42 Å². The zero-order valence-corrected chi connectivity index (χ0v) is 16.5. The number of nitrogens with zero attached hydrogens (tertiary/aromatic N) is 2. The standard InChI is InChI=1S/C16H20N4O5S2/c1-3-15-19-20-16(26-15)18-14(22)10-27(23,24)9-13(21)17-11-5-7-12(8-6-11)25-4-2/h5-8H,3-4,9-10H2,1-2H3,(H,17,21)(H,18,20,22). The van der Waals surface area contributed by atoms with Gasteiger partial charge in [-0.05, 0) is 37.6 Å². The number of benzene rings is 1. The number of hydrogen-bond donors (Lipinski definition) is 2. The summed E-state index contributed by atoms with van der Waals surface area (Å²) in [6.45, 7) is 4.26. The van der Waals surface area contributed by atoms with E-state index in [2.05, 4.69) is 20.8 Å². The van der Waals surface area contributed by atoms with E-state index in [1.807, 2.05) is 13.8 Å². The van der Waals surface area contributed by atoms with Crippen molar-refractivity contribution in [1.29, 1.82) is 0 Å². The molecule has 2 aromatic rings. The Morgan fingerprint density at radius 2 is 1.67 bits per heavy atom. The summed E-state index contributed by atoms with van der Waals surface area (Å²) in [4.78, 5) is 23.8. The first kappa shape index (κ1) is 20.8. The van der Waals surface area contributed by atoms with Crippen LogP contribution in [0.15, 0.2) is 24.3 Å². The summed E-state index contributed by atoms with van der Waals surface area (Å²) in [5, 5.41) is 13.4. The van der Waals surface area contributed by atoms with Gasteiger partial charge in [0.15, 0.2) is 9.84 Å². The molecule has 11 heteroatoms. The number of sulfone groups is 1. The van der Waals surface area contributed by atoms with Gasteiger partial charge < -0.3 is 10.1 Å². The fourth-order valence-corrected chi connectivity index (χ4v) is 3.79. The third-order valence-corrected chi connectivity index (χ3v) is 5.55. The average Bonchev–Trinajstić information content (AvgIpc) is 3.03. The smallest absolute Gasteiger partial charge is 0.241 e. The van der Waals surface area contributed by atoms with Crippen LogP contribution in [0.5, 0.6) is 5.75 Å². The van der Waals surface area contributed by atoms with Crippen molar-refractivity contribution >= 4 is 43.8 Å². The molecule has 146 valence electrons. The van der Waals surface area contributed by atoms with Crippen LogP contribution < -0.4 is 15.4 Å². The number of amides is 2. The highest BCUT2D eigenvalue weighted by atomic mass is 32.2. The second-order valence-corrected chi connectivity index (χ2v) is 8.57. The van der Waals surface area contributed by atoms with Gasteiger partial charge in [0.2, 0.25) is 16.9 Å². The molecule has 0 aliphatic heterocycles. The number of nitrogens with one attached hydrogen (secondary N) is 2. The molecule has 27 heavy (non-hydrogen) atoms. The van der Waals surface area contributed by atoms with Gasteiger partial charge in [0.25, 0.3) is 0 Å². The zero-order chi connectivity index (χ0) is 19.9. The lowest BCUT2D eigenvalue weighted by Crippen LogP contribution is -2.30. The van der Waals surface area contributed by atoms with Gasteiger partial charge in [0.05, 0.1) is 6.61 Å². The van der Waals surface area contributed by atoms with Crippen LogP contribution in [-0.2, 0) is 25.8 Å². The highest BCUT2D eigenvalue weighted by Crippen LogP contribution is 2.16. The molecule has 1 aromatic heterocycles. The van der Waals surface area contributed by atoms with Gasteiger partial charge in [-0.3, -0.25) is 14.9 Å². The molecule has 0 bridgehead atoms. The van der Waals surface area contributed by atoms with E-state index < -0.39 is 33.2 Å². The Balaban J connectivity index is 1.86. The monoisotopic (exact) mass is 412 g/mol. The van der Waals surface area contributed by atoms with Crippen molar-refractivity contribution in [3.05, 3.63) is 29.3 Å². The summed E-state index contributed by atoms with van der Waals surface area (Å²) >= 11 is 1.17. The van der Waals surface area contributed by atoms with E-state index in [1.165, 1.54) is 11.3 Å². The Bertz CT molecular complexity index is 894. The van der Waals surface area contributed by atoms with Crippen LogP contribution in [0.1, 0.15) is 18.9 Å². The van der Waals surface area contributed by atoms with Gasteiger partial charge in [0.1, 0.15) is 22.3 Å². The SMILES string of the molecule is CCOc1ccc(NC(=O)CS(=O)(=O)CC(=O)Nc2nnc(CC)s2)cc1. The molecule has 2 rings (SSSR count). The molecule has 2 amide bonds. The van der Waals surface area contributed by atoms with E-state index in [0.717, 1.165) is 5.01 Å². The fraction of sp³-hybridized carbons (Fsp3) is 0.375. The molecule has 0 saturated carbocycles. The molecule has 0 saturated heterocycles. The minimum absolute atomic E-state index is 0.228. The second-order valence-electron chi connectivity index (χ2n) is 5.44. The maximum Gasteiger partial charge on any atom is 0.241 e. The highest BCUT2D eigenvalue weighted by Gasteiger charge is 2.22. The van der Waals surface area contributed by atoms with Gasteiger partial charge >= 0.3 is 0 Å². The Kier molecular flexibility index (Phi) is 7.25. The number of hydrogen-bond acceptors (Lipinski definition) is 8. The van der Waals surface area contributed by atoms with Crippen LogP contribution in [0.3, 0.4) is 0 Å². The molecule has 0 aliphatic carbocycles. The van der Waals surface area contributed by atoms with Gasteiger partial charge in [-0.2, -0.15) is 0 Å². The van der Waals surface area contributed by atoms with Gasteiger partial charge in [0, 0.05) is 5.69 Å². The van der Waals surface area contributed by atoms with E-state index >= 15 is 0 Å². The molecule has 0 atom stereocenters. The number of ether oxygens (including phenoxy) is 1. The van der Waals surface area contributed by atoms with Crippen molar-refractivity contribution in [2.75, 3.05) is 28.7 Å². The summed E-state index contributed by atoms with van der Waals surface area (Å²) in [5.41, 5.74) is 0.434. The lowest BCUT2D eigenvalue weighted by atomic mass is 10.3. The molecule has 2 N–H and O–H groups in total.